The number of nitrogens with one attached hydrogen (secondary N) is 1. The topological polar surface area (TPSA) is 111 Å². The number of nitro benzene ring substituents is 1. The third kappa shape index (κ3) is 3.06. The predicted molar refractivity (Wildman–Crippen MR) is 103 cm³/mol. The summed E-state index contributed by atoms with van der Waals surface area (Å²) in [5.74, 6) is 0.252. The lowest BCUT2D eigenvalue weighted by Crippen LogP contribution is -2.02. The molecule has 0 bridgehead atoms. The molecule has 0 atom stereocenters. The fourth-order valence-corrected chi connectivity index (χ4v) is 2.95. The molecule has 9 nitrogen and oxygen atoms in total. The molecule has 4 aromatic rings. The number of nitrogens with zero attached hydrogens (tertiary/aromatic N) is 6. The first-order valence-electron chi connectivity index (χ1n) is 8.32. The van der Waals surface area contributed by atoms with Gasteiger partial charge in [-0.1, -0.05) is 30.3 Å². The van der Waals surface area contributed by atoms with Crippen LogP contribution in [0.4, 0.5) is 11.6 Å². The number of rotatable bonds is 5. The van der Waals surface area contributed by atoms with Crippen LogP contribution >= 0.6 is 0 Å². The number of para-hydroxylation sites is 1. The maximum Gasteiger partial charge on any atom is 0.270 e. The predicted octanol–water partition coefficient (Wildman–Crippen LogP) is 3.35. The van der Waals surface area contributed by atoms with E-state index in [2.05, 4.69) is 30.3 Å². The molecule has 0 radical (unpaired) electrons. The van der Waals surface area contributed by atoms with Crippen LogP contribution < -0.4 is 5.43 Å². The summed E-state index contributed by atoms with van der Waals surface area (Å²) in [7, 11) is 0. The third-order valence-electron chi connectivity index (χ3n) is 4.15. The summed E-state index contributed by atoms with van der Waals surface area (Å²) in [6.45, 7) is 2.79. The van der Waals surface area contributed by atoms with Gasteiger partial charge in [-0.05, 0) is 13.0 Å². The average molecular weight is 361 g/mol. The Morgan fingerprint density at radius 3 is 2.89 bits per heavy atom. The minimum atomic E-state index is -0.449. The highest BCUT2D eigenvalue weighted by atomic mass is 16.6. The summed E-state index contributed by atoms with van der Waals surface area (Å²) in [4.78, 5) is 14.9. The molecule has 1 N–H and O–H groups in total. The molecule has 0 fully saturated rings. The van der Waals surface area contributed by atoms with Crippen LogP contribution in [0.3, 0.4) is 0 Å². The lowest BCUT2D eigenvalue weighted by molar-refractivity contribution is -0.384. The van der Waals surface area contributed by atoms with Crippen LogP contribution in [0.2, 0.25) is 0 Å². The van der Waals surface area contributed by atoms with Crippen LogP contribution in [0.5, 0.6) is 0 Å². The number of hydrazone groups is 1. The van der Waals surface area contributed by atoms with Crippen molar-refractivity contribution in [2.75, 3.05) is 5.43 Å². The van der Waals surface area contributed by atoms with Gasteiger partial charge in [-0.3, -0.25) is 10.1 Å². The maximum atomic E-state index is 10.8. The third-order valence-corrected chi connectivity index (χ3v) is 4.15. The van der Waals surface area contributed by atoms with Crippen molar-refractivity contribution in [2.24, 2.45) is 5.10 Å². The van der Waals surface area contributed by atoms with Gasteiger partial charge < -0.3 is 4.57 Å². The van der Waals surface area contributed by atoms with Crippen LogP contribution in [0.15, 0.2) is 53.6 Å². The zero-order chi connectivity index (χ0) is 18.8. The number of hydrogen-bond acceptors (Lipinski definition) is 7. The number of aromatic nitrogens is 4. The SMILES string of the molecule is CCn1c2ccccc2c2nnc(N/N=C\c3cccc([N+](=O)[O-])c3)nc21. The molecular formula is C18H15N7O2. The van der Waals surface area contributed by atoms with Crippen molar-refractivity contribution in [3.8, 4) is 0 Å². The number of benzene rings is 2. The molecule has 0 saturated heterocycles. The Bertz CT molecular complexity index is 1180. The molecule has 2 aromatic carbocycles. The van der Waals surface area contributed by atoms with Crippen LogP contribution in [0.25, 0.3) is 22.1 Å². The lowest BCUT2D eigenvalue weighted by atomic mass is 10.2. The molecule has 2 aromatic heterocycles. The Hall–Kier alpha value is -3.88. The second-order valence-electron chi connectivity index (χ2n) is 5.79. The number of non-ortho nitro benzene ring substituents is 1. The molecular weight excluding hydrogens is 346 g/mol. The Labute approximate surface area is 153 Å². The fourth-order valence-electron chi connectivity index (χ4n) is 2.95. The van der Waals surface area contributed by atoms with E-state index < -0.39 is 4.92 Å². The molecule has 134 valence electrons. The molecule has 0 aliphatic rings. The van der Waals surface area contributed by atoms with Crippen molar-refractivity contribution in [1.82, 2.24) is 19.7 Å². The van der Waals surface area contributed by atoms with Gasteiger partial charge in [-0.25, -0.2) is 5.43 Å². The summed E-state index contributed by atoms with van der Waals surface area (Å²) in [5, 5.41) is 24.2. The average Bonchev–Trinajstić information content (AvgIpc) is 3.01. The first-order chi connectivity index (χ1) is 13.2. The van der Waals surface area contributed by atoms with Crippen LogP contribution in [-0.2, 0) is 6.54 Å². The molecule has 0 spiro atoms. The Kier molecular flexibility index (Phi) is 4.17. The van der Waals surface area contributed by atoms with E-state index in [1.165, 1.54) is 18.3 Å². The van der Waals surface area contributed by atoms with Gasteiger partial charge in [0.2, 0.25) is 0 Å². The van der Waals surface area contributed by atoms with E-state index >= 15 is 0 Å². The smallest absolute Gasteiger partial charge is 0.270 e. The van der Waals surface area contributed by atoms with Gasteiger partial charge in [-0.15, -0.1) is 10.2 Å². The van der Waals surface area contributed by atoms with Gasteiger partial charge in [0.1, 0.15) is 5.52 Å². The highest BCUT2D eigenvalue weighted by Crippen LogP contribution is 2.26. The van der Waals surface area contributed by atoms with E-state index in [1.807, 2.05) is 31.2 Å². The molecule has 0 amide bonds. The lowest BCUT2D eigenvalue weighted by Gasteiger charge is -2.02. The molecule has 27 heavy (non-hydrogen) atoms. The van der Waals surface area contributed by atoms with Gasteiger partial charge in [0.05, 0.1) is 16.7 Å². The van der Waals surface area contributed by atoms with E-state index in [0.717, 1.165) is 28.6 Å². The Balaban J connectivity index is 1.64. The Morgan fingerprint density at radius 2 is 2.07 bits per heavy atom. The van der Waals surface area contributed by atoms with Crippen LogP contribution in [0.1, 0.15) is 12.5 Å². The van der Waals surface area contributed by atoms with Crippen LogP contribution in [0, 0.1) is 10.1 Å². The van der Waals surface area contributed by atoms with E-state index in [0.29, 0.717) is 5.56 Å². The monoisotopic (exact) mass is 361 g/mol. The summed E-state index contributed by atoms with van der Waals surface area (Å²) >= 11 is 0. The van der Waals surface area contributed by atoms with Gasteiger partial charge in [0.25, 0.3) is 11.6 Å². The van der Waals surface area contributed by atoms with E-state index in [-0.39, 0.29) is 11.6 Å². The summed E-state index contributed by atoms with van der Waals surface area (Å²) in [6.07, 6.45) is 1.47. The highest BCUT2D eigenvalue weighted by molar-refractivity contribution is 6.04. The van der Waals surface area contributed by atoms with E-state index in [4.69, 9.17) is 0 Å². The summed E-state index contributed by atoms with van der Waals surface area (Å²) in [5.41, 5.74) is 5.84. The molecule has 0 aliphatic carbocycles. The number of anilines is 1. The van der Waals surface area contributed by atoms with E-state index in [9.17, 15) is 10.1 Å². The minimum absolute atomic E-state index is 0.00532. The van der Waals surface area contributed by atoms with Crippen molar-refractivity contribution < 1.29 is 4.92 Å². The molecule has 0 saturated carbocycles. The number of nitro groups is 1. The van der Waals surface area contributed by atoms with E-state index in [1.54, 1.807) is 12.1 Å². The first kappa shape index (κ1) is 16.6. The molecule has 4 rings (SSSR count). The first-order valence-corrected chi connectivity index (χ1v) is 8.32. The normalized spacial score (nSPS) is 11.4. The van der Waals surface area contributed by atoms with Gasteiger partial charge in [-0.2, -0.15) is 10.1 Å². The van der Waals surface area contributed by atoms with Crippen LogP contribution in [-0.4, -0.2) is 30.9 Å². The zero-order valence-corrected chi connectivity index (χ0v) is 14.4. The quantitative estimate of drug-likeness (QED) is 0.331. The zero-order valence-electron chi connectivity index (χ0n) is 14.4. The summed E-state index contributed by atoms with van der Waals surface area (Å²) in [6, 6.07) is 14.1. The van der Waals surface area contributed by atoms with Gasteiger partial charge in [0, 0.05) is 29.6 Å². The van der Waals surface area contributed by atoms with Crippen molar-refractivity contribution in [1.29, 1.82) is 0 Å². The second kappa shape index (κ2) is 6.79. The van der Waals surface area contributed by atoms with Gasteiger partial charge in [0.15, 0.2) is 5.65 Å². The number of fused-ring (bicyclic) bond motifs is 3. The maximum absolute atomic E-state index is 10.8. The summed E-state index contributed by atoms with van der Waals surface area (Å²) < 4.78 is 2.06. The number of aryl methyl sites for hydroxylation is 1. The largest absolute Gasteiger partial charge is 0.324 e. The van der Waals surface area contributed by atoms with Crippen molar-refractivity contribution >= 4 is 39.9 Å². The standard InChI is InChI=1S/C18H15N7O2/c1-2-24-15-9-4-3-8-14(15)16-17(24)20-18(23-21-16)22-19-11-12-6-5-7-13(10-12)25(26)27/h3-11H,2H2,1H3,(H,20,22,23)/b19-11-. The molecule has 9 heteroatoms. The Morgan fingerprint density at radius 1 is 1.22 bits per heavy atom. The molecule has 2 heterocycles. The fraction of sp³-hybridized carbons (Fsp3) is 0.111. The second-order valence-corrected chi connectivity index (χ2v) is 5.79. The molecule has 0 aliphatic heterocycles. The highest BCUT2D eigenvalue weighted by Gasteiger charge is 2.13. The number of hydrogen-bond donors (Lipinski definition) is 1. The van der Waals surface area contributed by atoms with Crippen molar-refractivity contribution in [2.45, 2.75) is 13.5 Å². The minimum Gasteiger partial charge on any atom is -0.324 e. The molecule has 0 unspecified atom stereocenters. The van der Waals surface area contributed by atoms with Crippen molar-refractivity contribution in [3.63, 3.8) is 0 Å². The van der Waals surface area contributed by atoms with Crippen molar-refractivity contribution in [3.05, 3.63) is 64.2 Å². The van der Waals surface area contributed by atoms with Gasteiger partial charge >= 0.3 is 0 Å².